The van der Waals surface area contributed by atoms with E-state index >= 15 is 0 Å². The predicted molar refractivity (Wildman–Crippen MR) is 96.5 cm³/mol. The number of hydrogen-bond donors (Lipinski definition) is 1. The van der Waals surface area contributed by atoms with E-state index < -0.39 is 0 Å². The molecule has 4 nitrogen and oxygen atoms in total. The van der Waals surface area contributed by atoms with E-state index in [1.54, 1.807) is 0 Å². The number of carbonyl (C=O) groups excluding carboxylic acids is 1. The molecule has 0 atom stereocenters. The van der Waals surface area contributed by atoms with Gasteiger partial charge in [0.2, 0.25) is 0 Å². The molecule has 112 valence electrons. The minimum atomic E-state index is -0.139. The number of nitrogens with zero attached hydrogens (tertiary/aromatic N) is 2. The van der Waals surface area contributed by atoms with Crippen LogP contribution in [0.4, 0.5) is 5.69 Å². The van der Waals surface area contributed by atoms with Crippen LogP contribution < -0.4 is 5.32 Å². The maximum Gasteiger partial charge on any atom is 0.274 e. The molecule has 2 heterocycles. The molecule has 5 heteroatoms. The van der Waals surface area contributed by atoms with Crippen molar-refractivity contribution in [2.24, 2.45) is 0 Å². The van der Waals surface area contributed by atoms with Gasteiger partial charge in [-0.25, -0.2) is 4.98 Å². The number of anilines is 1. The van der Waals surface area contributed by atoms with Gasteiger partial charge in [0.15, 0.2) is 0 Å². The van der Waals surface area contributed by atoms with Gasteiger partial charge in [-0.15, -0.1) is 0 Å². The number of aromatic nitrogens is 2. The molecule has 1 N–H and O–H groups in total. The number of rotatable bonds is 2. The second kappa shape index (κ2) is 5.72. The molecule has 0 spiro atoms. The van der Waals surface area contributed by atoms with E-state index in [2.05, 4.69) is 32.9 Å². The third-order valence-electron chi connectivity index (χ3n) is 3.67. The zero-order chi connectivity index (χ0) is 15.9. The van der Waals surface area contributed by atoms with E-state index in [1.165, 1.54) is 0 Å². The number of hydrogen-bond acceptors (Lipinski definition) is 2. The average molecular weight is 405 g/mol. The summed E-state index contributed by atoms with van der Waals surface area (Å²) < 4.78 is 3.00. The Morgan fingerprint density at radius 1 is 1.18 bits per heavy atom. The minimum absolute atomic E-state index is 0.139. The summed E-state index contributed by atoms with van der Waals surface area (Å²) in [7, 11) is 0. The quantitative estimate of drug-likeness (QED) is 0.653. The highest BCUT2D eigenvalue weighted by Gasteiger charge is 2.18. The van der Waals surface area contributed by atoms with Crippen LogP contribution in [0.1, 0.15) is 27.3 Å². The molecule has 0 aliphatic carbocycles. The molecule has 0 radical (unpaired) electrons. The molecule has 3 aromatic rings. The molecule has 22 heavy (non-hydrogen) atoms. The van der Waals surface area contributed by atoms with Gasteiger partial charge in [0.05, 0.1) is 5.69 Å². The van der Waals surface area contributed by atoms with Crippen molar-refractivity contribution in [2.75, 3.05) is 5.32 Å². The van der Waals surface area contributed by atoms with Crippen LogP contribution >= 0.6 is 22.6 Å². The summed E-state index contributed by atoms with van der Waals surface area (Å²) in [6, 6.07) is 9.87. The summed E-state index contributed by atoms with van der Waals surface area (Å²) in [4.78, 5) is 17.2. The maximum atomic E-state index is 12.7. The first kappa shape index (κ1) is 15.0. The summed E-state index contributed by atoms with van der Waals surface area (Å²) in [6.45, 7) is 5.85. The molecule has 0 aliphatic heterocycles. The van der Waals surface area contributed by atoms with Crippen molar-refractivity contribution in [3.8, 4) is 0 Å². The van der Waals surface area contributed by atoms with Gasteiger partial charge >= 0.3 is 0 Å². The largest absolute Gasteiger partial charge is 0.320 e. The van der Waals surface area contributed by atoms with Crippen LogP contribution in [0.25, 0.3) is 5.65 Å². The molecule has 0 saturated heterocycles. The van der Waals surface area contributed by atoms with Gasteiger partial charge < -0.3 is 5.32 Å². The molecular formula is C17H16IN3O. The van der Waals surface area contributed by atoms with Gasteiger partial charge in [-0.05, 0) is 78.8 Å². The highest BCUT2D eigenvalue weighted by atomic mass is 127. The van der Waals surface area contributed by atoms with E-state index in [0.717, 1.165) is 31.7 Å². The van der Waals surface area contributed by atoms with Gasteiger partial charge in [-0.2, -0.15) is 0 Å². The Labute approximate surface area is 142 Å². The van der Waals surface area contributed by atoms with Gasteiger partial charge in [-0.1, -0.05) is 6.07 Å². The number of fused-ring (bicyclic) bond motifs is 1. The Hall–Kier alpha value is -1.89. The lowest BCUT2D eigenvalue weighted by molar-refractivity contribution is 0.102. The van der Waals surface area contributed by atoms with Crippen molar-refractivity contribution in [3.05, 3.63) is 62.6 Å². The minimum Gasteiger partial charge on any atom is -0.320 e. The molecule has 0 aliphatic rings. The molecule has 0 bridgehead atoms. The molecule has 0 unspecified atom stereocenters. The van der Waals surface area contributed by atoms with Crippen molar-refractivity contribution >= 4 is 39.8 Å². The number of aryl methyl sites for hydroxylation is 3. The van der Waals surface area contributed by atoms with Crippen molar-refractivity contribution in [1.29, 1.82) is 0 Å². The fraction of sp³-hybridized carbons (Fsp3) is 0.176. The zero-order valence-corrected chi connectivity index (χ0v) is 14.8. The molecule has 1 aromatic carbocycles. The van der Waals surface area contributed by atoms with E-state index in [9.17, 15) is 4.79 Å². The second-order valence-corrected chi connectivity index (χ2v) is 6.59. The topological polar surface area (TPSA) is 46.4 Å². The van der Waals surface area contributed by atoms with Crippen LogP contribution in [0.5, 0.6) is 0 Å². The zero-order valence-electron chi connectivity index (χ0n) is 12.6. The average Bonchev–Trinajstić information content (AvgIpc) is 2.80. The first-order valence-corrected chi connectivity index (χ1v) is 8.07. The number of pyridine rings is 1. The number of imidazole rings is 1. The Morgan fingerprint density at radius 2 is 1.95 bits per heavy atom. The smallest absolute Gasteiger partial charge is 0.274 e. The summed E-state index contributed by atoms with van der Waals surface area (Å²) in [5.74, 6) is -0.139. The fourth-order valence-electron chi connectivity index (χ4n) is 2.54. The summed E-state index contributed by atoms with van der Waals surface area (Å²) in [5, 5.41) is 2.99. The van der Waals surface area contributed by atoms with Crippen LogP contribution in [0.15, 0.2) is 36.5 Å². The third-order valence-corrected chi connectivity index (χ3v) is 4.34. The SMILES string of the molecule is Cc1cc(I)ccc1NC(=O)c1c(C)nc2c(C)cccn12. The number of amides is 1. The van der Waals surface area contributed by atoms with Crippen LogP contribution in [0, 0.1) is 24.3 Å². The fourth-order valence-corrected chi connectivity index (χ4v) is 3.19. The molecular weight excluding hydrogens is 389 g/mol. The van der Waals surface area contributed by atoms with Crippen LogP contribution in [0.2, 0.25) is 0 Å². The molecule has 0 saturated carbocycles. The highest BCUT2D eigenvalue weighted by Crippen LogP contribution is 2.20. The van der Waals surface area contributed by atoms with E-state index in [-0.39, 0.29) is 5.91 Å². The van der Waals surface area contributed by atoms with Crippen LogP contribution in [0.3, 0.4) is 0 Å². The number of benzene rings is 1. The van der Waals surface area contributed by atoms with E-state index in [0.29, 0.717) is 5.69 Å². The highest BCUT2D eigenvalue weighted by molar-refractivity contribution is 14.1. The van der Waals surface area contributed by atoms with Gasteiger partial charge in [-0.3, -0.25) is 9.20 Å². The Bertz CT molecular complexity index is 883. The molecule has 2 aromatic heterocycles. The summed E-state index contributed by atoms with van der Waals surface area (Å²) >= 11 is 2.26. The first-order valence-electron chi connectivity index (χ1n) is 6.99. The molecule has 0 fully saturated rings. The second-order valence-electron chi connectivity index (χ2n) is 5.34. The predicted octanol–water partition coefficient (Wildman–Crippen LogP) is 4.12. The lowest BCUT2D eigenvalue weighted by Crippen LogP contribution is -2.16. The van der Waals surface area contributed by atoms with E-state index in [4.69, 9.17) is 0 Å². The third kappa shape index (κ3) is 2.61. The van der Waals surface area contributed by atoms with Crippen LogP contribution in [-0.4, -0.2) is 15.3 Å². The van der Waals surface area contributed by atoms with Crippen molar-refractivity contribution < 1.29 is 4.79 Å². The van der Waals surface area contributed by atoms with Gasteiger partial charge in [0.25, 0.3) is 5.91 Å². The lowest BCUT2D eigenvalue weighted by atomic mass is 10.2. The van der Waals surface area contributed by atoms with Crippen molar-refractivity contribution in [1.82, 2.24) is 9.38 Å². The number of halogens is 1. The van der Waals surface area contributed by atoms with Gasteiger partial charge in [0, 0.05) is 15.5 Å². The Balaban J connectivity index is 2.02. The number of nitrogens with one attached hydrogen (secondary N) is 1. The number of carbonyl (C=O) groups is 1. The molecule has 3 rings (SSSR count). The van der Waals surface area contributed by atoms with Crippen molar-refractivity contribution in [3.63, 3.8) is 0 Å². The normalized spacial score (nSPS) is 10.9. The summed E-state index contributed by atoms with van der Waals surface area (Å²) in [6.07, 6.45) is 1.87. The first-order chi connectivity index (χ1) is 10.5. The molecule has 1 amide bonds. The maximum absolute atomic E-state index is 12.7. The van der Waals surface area contributed by atoms with Crippen LogP contribution in [-0.2, 0) is 0 Å². The Morgan fingerprint density at radius 3 is 2.68 bits per heavy atom. The standard InChI is InChI=1S/C17H16IN3O/c1-10-5-4-8-21-15(12(3)19-16(10)21)17(22)20-14-7-6-13(18)9-11(14)2/h4-9H,1-3H3,(H,20,22). The Kier molecular flexibility index (Phi) is 3.90. The lowest BCUT2D eigenvalue weighted by Gasteiger charge is -2.09. The van der Waals surface area contributed by atoms with E-state index in [1.807, 2.05) is 61.7 Å². The monoisotopic (exact) mass is 405 g/mol. The van der Waals surface area contributed by atoms with Gasteiger partial charge in [0.1, 0.15) is 11.3 Å². The summed E-state index contributed by atoms with van der Waals surface area (Å²) in [5.41, 5.74) is 5.06. The van der Waals surface area contributed by atoms with Crippen molar-refractivity contribution in [2.45, 2.75) is 20.8 Å².